The zero-order valence-electron chi connectivity index (χ0n) is 26.4. The number of nitrogens with zero attached hydrogens (tertiary/aromatic N) is 8. The first-order valence-corrected chi connectivity index (χ1v) is 16.5. The average molecular weight is 581 g/mol. The molecule has 8 heteroatoms. The number of likely N-dealkylation sites (tertiary alicyclic amines) is 2. The lowest BCUT2D eigenvalue weighted by Crippen LogP contribution is -2.47. The van der Waals surface area contributed by atoms with Crippen LogP contribution in [0.5, 0.6) is 0 Å². The zero-order chi connectivity index (χ0) is 29.6. The van der Waals surface area contributed by atoms with Crippen LogP contribution in [0.2, 0.25) is 0 Å². The molecule has 6 rings (SSSR count). The van der Waals surface area contributed by atoms with Crippen LogP contribution >= 0.6 is 0 Å². The lowest BCUT2D eigenvalue weighted by Gasteiger charge is -2.39. The Morgan fingerprint density at radius 1 is 0.674 bits per heavy atom. The molecule has 0 aromatic carbocycles. The number of piperidine rings is 2. The van der Waals surface area contributed by atoms with Crippen LogP contribution in [-0.4, -0.2) is 81.6 Å². The maximum absolute atomic E-state index is 5.22. The number of hydrogen-bond acceptors (Lipinski definition) is 8. The van der Waals surface area contributed by atoms with Gasteiger partial charge in [-0.15, -0.1) is 0 Å². The Balaban J connectivity index is 1.33. The van der Waals surface area contributed by atoms with Gasteiger partial charge in [-0.1, -0.05) is 12.8 Å². The summed E-state index contributed by atoms with van der Waals surface area (Å²) in [4.78, 5) is 24.8. The lowest BCUT2D eigenvalue weighted by atomic mass is 10.0. The van der Waals surface area contributed by atoms with Crippen molar-refractivity contribution in [3.05, 3.63) is 60.2 Å². The van der Waals surface area contributed by atoms with E-state index in [1.54, 1.807) is 0 Å². The molecule has 1 unspecified atom stereocenters. The Morgan fingerprint density at radius 3 is 1.81 bits per heavy atom. The minimum Gasteiger partial charge on any atom is -0.303 e. The van der Waals surface area contributed by atoms with Gasteiger partial charge in [0.15, 0.2) is 0 Å². The molecule has 0 bridgehead atoms. The number of fused-ring (bicyclic) bond motifs is 2. The fraction of sp³-hybridized carbons (Fsp3) is 0.543. The van der Waals surface area contributed by atoms with E-state index in [0.717, 1.165) is 83.9 Å². The summed E-state index contributed by atoms with van der Waals surface area (Å²) in [6, 6.07) is 13.5. The first kappa shape index (κ1) is 29.7. The van der Waals surface area contributed by atoms with Crippen molar-refractivity contribution in [1.29, 1.82) is 0 Å². The van der Waals surface area contributed by atoms with Crippen LogP contribution in [0.4, 0.5) is 11.6 Å². The maximum Gasteiger partial charge on any atom is 0.147 e. The van der Waals surface area contributed by atoms with Crippen LogP contribution in [0, 0.1) is 13.8 Å². The van der Waals surface area contributed by atoms with Crippen LogP contribution in [0.3, 0.4) is 0 Å². The molecule has 2 saturated heterocycles. The molecule has 0 aliphatic carbocycles. The van der Waals surface area contributed by atoms with E-state index < -0.39 is 0 Å². The van der Waals surface area contributed by atoms with Gasteiger partial charge in [-0.3, -0.25) is 20.0 Å². The monoisotopic (exact) mass is 580 g/mol. The molecule has 4 aromatic rings. The summed E-state index contributed by atoms with van der Waals surface area (Å²) < 4.78 is 0. The Morgan fingerprint density at radius 2 is 1.23 bits per heavy atom. The lowest BCUT2D eigenvalue weighted by molar-refractivity contribution is 0.159. The van der Waals surface area contributed by atoms with E-state index in [0.29, 0.717) is 6.04 Å². The Bertz CT molecular complexity index is 1500. The third-order valence-electron chi connectivity index (χ3n) is 9.47. The van der Waals surface area contributed by atoms with E-state index >= 15 is 0 Å². The first-order chi connectivity index (χ1) is 21.1. The van der Waals surface area contributed by atoms with Crippen LogP contribution < -0.4 is 10.0 Å². The number of hydrazine groups is 1. The minimum atomic E-state index is 0.663. The predicted octanol–water partition coefficient (Wildman–Crippen LogP) is 6.56. The average Bonchev–Trinajstić information content (AvgIpc) is 3.03. The fourth-order valence-corrected chi connectivity index (χ4v) is 6.92. The SMILES string of the molecule is Cc1nccc2nc(N(CCCN3CCCCC3)N(CCCN3CCCCC3C)c3ccc4c(C)nccc4n3)ccc12. The molecule has 8 nitrogen and oxygen atoms in total. The van der Waals surface area contributed by atoms with Crippen molar-refractivity contribution in [2.24, 2.45) is 0 Å². The summed E-state index contributed by atoms with van der Waals surface area (Å²) in [6.07, 6.45) is 13.9. The van der Waals surface area contributed by atoms with Crippen molar-refractivity contribution in [1.82, 2.24) is 29.7 Å². The van der Waals surface area contributed by atoms with Crippen molar-refractivity contribution in [3.8, 4) is 0 Å². The van der Waals surface area contributed by atoms with Gasteiger partial charge < -0.3 is 9.80 Å². The highest BCUT2D eigenvalue weighted by Crippen LogP contribution is 2.27. The fourth-order valence-electron chi connectivity index (χ4n) is 6.92. The third-order valence-corrected chi connectivity index (χ3v) is 9.47. The van der Waals surface area contributed by atoms with Crippen molar-refractivity contribution < 1.29 is 0 Å². The largest absolute Gasteiger partial charge is 0.303 e. The van der Waals surface area contributed by atoms with Gasteiger partial charge in [0, 0.05) is 60.2 Å². The standard InChI is InChI=1S/C35H48N8/c1-27-11-5-8-23-41(27)24-10-26-43(35-15-13-31-29(3)37-19-17-33(31)39-35)42(25-9-22-40-20-6-4-7-21-40)34-14-12-30-28(2)36-18-16-32(30)38-34/h12-19,27H,4-11,20-26H2,1-3H3. The van der Waals surface area contributed by atoms with Gasteiger partial charge in [0.05, 0.1) is 11.0 Å². The van der Waals surface area contributed by atoms with Gasteiger partial charge >= 0.3 is 0 Å². The number of pyridine rings is 4. The summed E-state index contributed by atoms with van der Waals surface area (Å²) >= 11 is 0. The molecule has 4 aromatic heterocycles. The van der Waals surface area contributed by atoms with Gasteiger partial charge in [-0.25, -0.2) is 9.97 Å². The molecule has 1 atom stereocenters. The number of aromatic nitrogens is 4. The second-order valence-electron chi connectivity index (χ2n) is 12.5. The summed E-state index contributed by atoms with van der Waals surface area (Å²) in [5.74, 6) is 1.94. The molecule has 43 heavy (non-hydrogen) atoms. The Kier molecular flexibility index (Phi) is 9.64. The predicted molar refractivity (Wildman–Crippen MR) is 178 cm³/mol. The Hall–Kier alpha value is -3.36. The molecular formula is C35H48N8. The smallest absolute Gasteiger partial charge is 0.147 e. The van der Waals surface area contributed by atoms with Gasteiger partial charge in [0.25, 0.3) is 0 Å². The van der Waals surface area contributed by atoms with Crippen molar-refractivity contribution in [3.63, 3.8) is 0 Å². The molecule has 0 amide bonds. The molecule has 2 aliphatic rings. The maximum atomic E-state index is 5.22. The quantitative estimate of drug-likeness (QED) is 0.185. The van der Waals surface area contributed by atoms with E-state index in [1.165, 1.54) is 58.2 Å². The number of rotatable bonds is 11. The highest BCUT2D eigenvalue weighted by molar-refractivity contribution is 5.83. The number of aryl methyl sites for hydroxylation is 2. The topological polar surface area (TPSA) is 64.5 Å². The van der Waals surface area contributed by atoms with Crippen molar-refractivity contribution >= 4 is 33.4 Å². The first-order valence-electron chi connectivity index (χ1n) is 16.5. The van der Waals surface area contributed by atoms with E-state index in [4.69, 9.17) is 9.97 Å². The van der Waals surface area contributed by atoms with Gasteiger partial charge in [-0.2, -0.15) is 0 Å². The van der Waals surface area contributed by atoms with Crippen molar-refractivity contribution in [2.45, 2.75) is 78.2 Å². The molecule has 2 aliphatic heterocycles. The van der Waals surface area contributed by atoms with E-state index in [-0.39, 0.29) is 0 Å². The second kappa shape index (κ2) is 14.0. The zero-order valence-corrected chi connectivity index (χ0v) is 26.4. The molecule has 228 valence electrons. The highest BCUT2D eigenvalue weighted by Gasteiger charge is 2.23. The van der Waals surface area contributed by atoms with Crippen molar-refractivity contribution in [2.75, 3.05) is 55.8 Å². The van der Waals surface area contributed by atoms with E-state index in [2.05, 4.69) is 74.8 Å². The summed E-state index contributed by atoms with van der Waals surface area (Å²) in [6.45, 7) is 14.1. The van der Waals surface area contributed by atoms with Gasteiger partial charge in [-0.05, 0) is 122 Å². The third kappa shape index (κ3) is 7.07. The number of anilines is 2. The van der Waals surface area contributed by atoms with Crippen LogP contribution in [0.15, 0.2) is 48.8 Å². The normalized spacial score (nSPS) is 18.3. The molecular weight excluding hydrogens is 532 g/mol. The van der Waals surface area contributed by atoms with Crippen LogP contribution in [-0.2, 0) is 0 Å². The molecule has 0 saturated carbocycles. The van der Waals surface area contributed by atoms with Crippen LogP contribution in [0.25, 0.3) is 21.8 Å². The van der Waals surface area contributed by atoms with Gasteiger partial charge in [0.1, 0.15) is 11.6 Å². The summed E-state index contributed by atoms with van der Waals surface area (Å²) in [5.41, 5.74) is 4.00. The van der Waals surface area contributed by atoms with E-state index in [9.17, 15) is 0 Å². The second-order valence-corrected chi connectivity index (χ2v) is 12.5. The molecule has 2 fully saturated rings. The van der Waals surface area contributed by atoms with Crippen LogP contribution in [0.1, 0.15) is 69.7 Å². The highest BCUT2D eigenvalue weighted by atomic mass is 15.6. The number of hydrogen-bond donors (Lipinski definition) is 0. The van der Waals surface area contributed by atoms with Gasteiger partial charge in [0.2, 0.25) is 0 Å². The molecule has 0 spiro atoms. The molecule has 0 N–H and O–H groups in total. The molecule has 0 radical (unpaired) electrons. The Labute approximate surface area is 257 Å². The van der Waals surface area contributed by atoms with E-state index in [1.807, 2.05) is 24.5 Å². The summed E-state index contributed by atoms with van der Waals surface area (Å²) in [7, 11) is 0. The molecule has 6 heterocycles. The summed E-state index contributed by atoms with van der Waals surface area (Å²) in [5, 5.41) is 7.03. The minimum absolute atomic E-state index is 0.663.